The lowest BCUT2D eigenvalue weighted by Crippen LogP contribution is -2.29. The van der Waals surface area contributed by atoms with Gasteiger partial charge in [-0.3, -0.25) is 9.10 Å². The second-order valence-electron chi connectivity index (χ2n) is 5.11. The highest BCUT2D eigenvalue weighted by molar-refractivity contribution is 7.92. The minimum absolute atomic E-state index is 0.117. The van der Waals surface area contributed by atoms with Crippen LogP contribution in [0.15, 0.2) is 18.2 Å². The van der Waals surface area contributed by atoms with Gasteiger partial charge in [-0.05, 0) is 31.0 Å². The van der Waals surface area contributed by atoms with Crippen molar-refractivity contribution in [1.82, 2.24) is 4.90 Å². The molecular weight excluding hydrogens is 292 g/mol. The summed E-state index contributed by atoms with van der Waals surface area (Å²) in [5.74, 6) is 0.339. The summed E-state index contributed by atoms with van der Waals surface area (Å²) in [6.45, 7) is 1.46. The monoisotopic (exact) mass is 312 g/mol. The fourth-order valence-electron chi connectivity index (χ4n) is 2.34. The lowest BCUT2D eigenvalue weighted by atomic mass is 10.1. The Hall–Kier alpha value is -1.76. The SMILES string of the molecule is COc1ccc(N(C)S(C)(=O)=O)cc1C(=O)N1CCCC1. The summed E-state index contributed by atoms with van der Waals surface area (Å²) in [5.41, 5.74) is 0.841. The third-order valence-corrected chi connectivity index (χ3v) is 4.87. The Morgan fingerprint density at radius 3 is 2.43 bits per heavy atom. The first-order valence-electron chi connectivity index (χ1n) is 6.76. The van der Waals surface area contributed by atoms with E-state index < -0.39 is 10.0 Å². The molecule has 0 aromatic heterocycles. The van der Waals surface area contributed by atoms with Gasteiger partial charge in [-0.2, -0.15) is 0 Å². The van der Waals surface area contributed by atoms with Crippen molar-refractivity contribution < 1.29 is 17.9 Å². The maximum atomic E-state index is 12.5. The third-order valence-electron chi connectivity index (χ3n) is 3.67. The molecule has 0 aliphatic carbocycles. The van der Waals surface area contributed by atoms with Gasteiger partial charge in [0.05, 0.1) is 24.6 Å². The van der Waals surface area contributed by atoms with Crippen molar-refractivity contribution in [2.45, 2.75) is 12.8 Å². The molecule has 6 nitrogen and oxygen atoms in total. The van der Waals surface area contributed by atoms with E-state index in [2.05, 4.69) is 0 Å². The summed E-state index contributed by atoms with van der Waals surface area (Å²) < 4.78 is 29.6. The molecule has 1 aliphatic heterocycles. The van der Waals surface area contributed by atoms with Crippen molar-refractivity contribution >= 4 is 21.6 Å². The number of ether oxygens (including phenoxy) is 1. The fourth-order valence-corrected chi connectivity index (χ4v) is 2.84. The van der Waals surface area contributed by atoms with Crippen LogP contribution in [0.1, 0.15) is 23.2 Å². The van der Waals surface area contributed by atoms with Crippen molar-refractivity contribution in [3.05, 3.63) is 23.8 Å². The molecule has 0 spiro atoms. The molecule has 21 heavy (non-hydrogen) atoms. The summed E-state index contributed by atoms with van der Waals surface area (Å²) in [4.78, 5) is 14.3. The van der Waals surface area contributed by atoms with Gasteiger partial charge in [-0.1, -0.05) is 0 Å². The Balaban J connectivity index is 2.40. The molecule has 7 heteroatoms. The van der Waals surface area contributed by atoms with E-state index in [-0.39, 0.29) is 5.91 Å². The molecule has 0 radical (unpaired) electrons. The second kappa shape index (κ2) is 5.93. The van der Waals surface area contributed by atoms with Crippen LogP contribution >= 0.6 is 0 Å². The van der Waals surface area contributed by atoms with Gasteiger partial charge >= 0.3 is 0 Å². The number of hydrogen-bond acceptors (Lipinski definition) is 4. The number of amides is 1. The van der Waals surface area contributed by atoms with Crippen molar-refractivity contribution in [3.8, 4) is 5.75 Å². The van der Waals surface area contributed by atoms with E-state index in [1.165, 1.54) is 14.2 Å². The largest absolute Gasteiger partial charge is 0.496 e. The van der Waals surface area contributed by atoms with E-state index in [9.17, 15) is 13.2 Å². The van der Waals surface area contributed by atoms with E-state index in [1.807, 2.05) is 0 Å². The molecule has 0 bridgehead atoms. The van der Waals surface area contributed by atoms with E-state index in [4.69, 9.17) is 4.74 Å². The molecule has 0 saturated carbocycles. The minimum Gasteiger partial charge on any atom is -0.496 e. The van der Waals surface area contributed by atoms with E-state index in [0.717, 1.165) is 36.5 Å². The number of benzene rings is 1. The van der Waals surface area contributed by atoms with Crippen LogP contribution in [-0.4, -0.2) is 52.7 Å². The first-order chi connectivity index (χ1) is 9.84. The molecule has 0 unspecified atom stereocenters. The molecule has 1 amide bonds. The molecule has 1 aromatic rings. The zero-order chi connectivity index (χ0) is 15.6. The van der Waals surface area contributed by atoms with Crippen molar-refractivity contribution in [1.29, 1.82) is 0 Å². The molecule has 1 aliphatic rings. The summed E-state index contributed by atoms with van der Waals surface area (Å²) in [7, 11) is -0.414. The average Bonchev–Trinajstić information content (AvgIpc) is 2.98. The van der Waals surface area contributed by atoms with Crippen LogP contribution in [0.3, 0.4) is 0 Å². The molecule has 116 valence electrons. The molecule has 0 N–H and O–H groups in total. The number of hydrogen-bond donors (Lipinski definition) is 0. The fraction of sp³-hybridized carbons (Fsp3) is 0.500. The molecule has 1 heterocycles. The Bertz CT molecular complexity index is 636. The highest BCUT2D eigenvalue weighted by Crippen LogP contribution is 2.27. The predicted molar refractivity (Wildman–Crippen MR) is 81.4 cm³/mol. The molecule has 1 saturated heterocycles. The Kier molecular flexibility index (Phi) is 4.41. The smallest absolute Gasteiger partial charge is 0.257 e. The first kappa shape index (κ1) is 15.6. The number of sulfonamides is 1. The van der Waals surface area contributed by atoms with Gasteiger partial charge < -0.3 is 9.64 Å². The summed E-state index contributed by atoms with van der Waals surface area (Å²) in [6, 6.07) is 4.82. The number of carbonyl (C=O) groups excluding carboxylic acids is 1. The Morgan fingerprint density at radius 2 is 1.90 bits per heavy atom. The predicted octanol–water partition coefficient (Wildman–Crippen LogP) is 1.33. The van der Waals surface area contributed by atoms with Crippen LogP contribution in [0.2, 0.25) is 0 Å². The van der Waals surface area contributed by atoms with Gasteiger partial charge in [0.15, 0.2) is 0 Å². The molecule has 2 rings (SSSR count). The van der Waals surface area contributed by atoms with Gasteiger partial charge in [0.1, 0.15) is 5.75 Å². The van der Waals surface area contributed by atoms with Crippen LogP contribution in [0.4, 0.5) is 5.69 Å². The lowest BCUT2D eigenvalue weighted by molar-refractivity contribution is 0.0789. The minimum atomic E-state index is -3.37. The van der Waals surface area contributed by atoms with Crippen LogP contribution < -0.4 is 9.04 Å². The maximum absolute atomic E-state index is 12.5. The van der Waals surface area contributed by atoms with Crippen LogP contribution in [0.25, 0.3) is 0 Å². The van der Waals surface area contributed by atoms with E-state index in [1.54, 1.807) is 23.1 Å². The molecule has 1 aromatic carbocycles. The van der Waals surface area contributed by atoms with Gasteiger partial charge in [0, 0.05) is 20.1 Å². The summed E-state index contributed by atoms with van der Waals surface area (Å²) in [5, 5.41) is 0. The first-order valence-corrected chi connectivity index (χ1v) is 8.60. The Labute approximate surface area is 125 Å². The van der Waals surface area contributed by atoms with Crippen molar-refractivity contribution in [2.24, 2.45) is 0 Å². The summed E-state index contributed by atoms with van der Waals surface area (Å²) >= 11 is 0. The van der Waals surface area contributed by atoms with Crippen molar-refractivity contribution in [2.75, 3.05) is 37.8 Å². The lowest BCUT2D eigenvalue weighted by Gasteiger charge is -2.21. The number of anilines is 1. The number of methoxy groups -OCH3 is 1. The van der Waals surface area contributed by atoms with Crippen LogP contribution in [-0.2, 0) is 10.0 Å². The number of rotatable bonds is 4. The topological polar surface area (TPSA) is 66.9 Å². The third kappa shape index (κ3) is 3.29. The quantitative estimate of drug-likeness (QED) is 0.841. The molecule has 1 fully saturated rings. The Morgan fingerprint density at radius 1 is 1.29 bits per heavy atom. The van der Waals surface area contributed by atoms with Crippen LogP contribution in [0, 0.1) is 0 Å². The normalized spacial score (nSPS) is 15.1. The van der Waals surface area contributed by atoms with Crippen LogP contribution in [0.5, 0.6) is 5.75 Å². The van der Waals surface area contributed by atoms with E-state index >= 15 is 0 Å². The standard InChI is InChI=1S/C14H20N2O4S/c1-15(21(3,18)19)11-6-7-13(20-2)12(10-11)14(17)16-8-4-5-9-16/h6-7,10H,4-5,8-9H2,1-3H3. The van der Waals surface area contributed by atoms with Gasteiger partial charge in [0.2, 0.25) is 10.0 Å². The van der Waals surface area contributed by atoms with Gasteiger partial charge in [-0.15, -0.1) is 0 Å². The van der Waals surface area contributed by atoms with Gasteiger partial charge in [0.25, 0.3) is 5.91 Å². The molecular formula is C14H20N2O4S. The zero-order valence-corrected chi connectivity index (χ0v) is 13.3. The van der Waals surface area contributed by atoms with E-state index in [0.29, 0.717) is 17.0 Å². The second-order valence-corrected chi connectivity index (χ2v) is 7.13. The maximum Gasteiger partial charge on any atom is 0.257 e. The average molecular weight is 312 g/mol. The highest BCUT2D eigenvalue weighted by Gasteiger charge is 2.24. The van der Waals surface area contributed by atoms with Crippen molar-refractivity contribution in [3.63, 3.8) is 0 Å². The number of nitrogens with zero attached hydrogens (tertiary/aromatic N) is 2. The highest BCUT2D eigenvalue weighted by atomic mass is 32.2. The summed E-state index contributed by atoms with van der Waals surface area (Å²) in [6.07, 6.45) is 3.12. The molecule has 0 atom stereocenters. The number of carbonyl (C=O) groups is 1. The number of likely N-dealkylation sites (tertiary alicyclic amines) is 1. The van der Waals surface area contributed by atoms with Gasteiger partial charge in [-0.25, -0.2) is 8.42 Å². The zero-order valence-electron chi connectivity index (χ0n) is 12.5.